The third kappa shape index (κ3) is 3.47. The summed E-state index contributed by atoms with van der Waals surface area (Å²) < 4.78 is 30.2. The van der Waals surface area contributed by atoms with Gasteiger partial charge in [0.25, 0.3) is 0 Å². The Bertz CT molecular complexity index is 1490. The molecule has 0 atom stereocenters. The van der Waals surface area contributed by atoms with Crippen LogP contribution in [0.4, 0.5) is 8.78 Å². The molecule has 5 rings (SSSR count). The van der Waals surface area contributed by atoms with E-state index >= 15 is 0 Å². The van der Waals surface area contributed by atoms with Crippen molar-refractivity contribution < 1.29 is 8.78 Å². The van der Waals surface area contributed by atoms with Gasteiger partial charge in [0.15, 0.2) is 17.3 Å². The molecule has 0 amide bonds. The maximum Gasteiger partial charge on any atom is 0.213 e. The minimum absolute atomic E-state index is 0.0490. The molecule has 0 bridgehead atoms. The lowest BCUT2D eigenvalue weighted by Crippen LogP contribution is -2.03. The highest BCUT2D eigenvalue weighted by atomic mass is 19.1. The fourth-order valence-corrected chi connectivity index (χ4v) is 3.43. The molecule has 4 aromatic heterocycles. The molecule has 0 unspecified atom stereocenters. The normalized spacial score (nSPS) is 11.3. The van der Waals surface area contributed by atoms with Gasteiger partial charge in [0.05, 0.1) is 23.8 Å². The highest BCUT2D eigenvalue weighted by Gasteiger charge is 2.19. The quantitative estimate of drug-likeness (QED) is 0.394. The molecule has 0 radical (unpaired) electrons. The molecule has 158 valence electrons. The number of rotatable bonds is 3. The van der Waals surface area contributed by atoms with E-state index < -0.39 is 11.8 Å². The first kappa shape index (κ1) is 19.8. The molecule has 0 fully saturated rings. The van der Waals surface area contributed by atoms with Crippen molar-refractivity contribution >= 4 is 11.2 Å². The second kappa shape index (κ2) is 7.52. The molecule has 4 heterocycles. The van der Waals surface area contributed by atoms with Crippen LogP contribution in [-0.2, 0) is 7.05 Å². The molecule has 0 saturated carbocycles. The smallest absolute Gasteiger partial charge is 0.213 e. The number of aryl methyl sites for hydroxylation is 3. The van der Waals surface area contributed by atoms with Crippen LogP contribution < -0.4 is 0 Å². The van der Waals surface area contributed by atoms with Crippen LogP contribution in [-0.4, -0.2) is 34.7 Å². The Morgan fingerprint density at radius 3 is 2.41 bits per heavy atom. The summed E-state index contributed by atoms with van der Waals surface area (Å²) in [6.07, 6.45) is 4.49. The van der Waals surface area contributed by atoms with E-state index in [2.05, 4.69) is 30.0 Å². The maximum absolute atomic E-state index is 14.6. The van der Waals surface area contributed by atoms with E-state index in [0.717, 1.165) is 23.4 Å². The van der Waals surface area contributed by atoms with Crippen LogP contribution in [0.2, 0.25) is 0 Å². The van der Waals surface area contributed by atoms with E-state index in [-0.39, 0.29) is 11.3 Å². The molecule has 7 nitrogen and oxygen atoms in total. The summed E-state index contributed by atoms with van der Waals surface area (Å²) in [6, 6.07) is 8.60. The Morgan fingerprint density at radius 2 is 1.62 bits per heavy atom. The molecule has 0 spiro atoms. The van der Waals surface area contributed by atoms with Gasteiger partial charge in [-0.05, 0) is 25.5 Å². The van der Waals surface area contributed by atoms with E-state index in [1.807, 2.05) is 44.4 Å². The zero-order valence-corrected chi connectivity index (χ0v) is 17.5. The molecule has 1 aromatic carbocycles. The summed E-state index contributed by atoms with van der Waals surface area (Å²) in [7, 11) is 1.84. The van der Waals surface area contributed by atoms with Crippen LogP contribution in [0.3, 0.4) is 0 Å². The lowest BCUT2D eigenvalue weighted by Gasteiger charge is -2.11. The third-order valence-electron chi connectivity index (χ3n) is 5.18. The summed E-state index contributed by atoms with van der Waals surface area (Å²) in [5, 5.41) is 4.21. The van der Waals surface area contributed by atoms with Gasteiger partial charge >= 0.3 is 0 Å². The standard InChI is InChI=1S/C23H17F2N7/c1-12-13(2)29-23-21(28-12)20(17-8-19(25)26-10-18(17)24)30-22(31-23)15-6-4-5-14(7-15)16-9-27-32(3)11-16/h4-11H,1-3H3. The van der Waals surface area contributed by atoms with Gasteiger partial charge in [0, 0.05) is 36.0 Å². The fourth-order valence-electron chi connectivity index (χ4n) is 3.43. The number of benzene rings is 1. The van der Waals surface area contributed by atoms with Gasteiger partial charge in [-0.3, -0.25) is 4.68 Å². The molecule has 5 aromatic rings. The highest BCUT2D eigenvalue weighted by molar-refractivity contribution is 5.89. The summed E-state index contributed by atoms with van der Waals surface area (Å²) in [4.78, 5) is 21.6. The zero-order valence-electron chi connectivity index (χ0n) is 17.5. The number of halogens is 2. The first-order valence-corrected chi connectivity index (χ1v) is 9.83. The number of fused-ring (bicyclic) bond motifs is 1. The van der Waals surface area contributed by atoms with Crippen molar-refractivity contribution in [2.45, 2.75) is 13.8 Å². The van der Waals surface area contributed by atoms with Crippen LogP contribution in [0.1, 0.15) is 11.4 Å². The predicted octanol–water partition coefficient (Wildman–Crippen LogP) is 4.44. The van der Waals surface area contributed by atoms with Gasteiger partial charge in [-0.1, -0.05) is 18.2 Å². The minimum atomic E-state index is -0.815. The van der Waals surface area contributed by atoms with Gasteiger partial charge in [-0.15, -0.1) is 0 Å². The lowest BCUT2D eigenvalue weighted by atomic mass is 10.1. The monoisotopic (exact) mass is 429 g/mol. The average Bonchev–Trinajstić information content (AvgIpc) is 3.22. The molecule has 0 saturated heterocycles. The number of hydrogen-bond acceptors (Lipinski definition) is 6. The largest absolute Gasteiger partial charge is 0.275 e. The van der Waals surface area contributed by atoms with Gasteiger partial charge in [0.2, 0.25) is 5.95 Å². The Hall–Kier alpha value is -4.14. The molecule has 0 aliphatic carbocycles. The van der Waals surface area contributed by atoms with Crippen molar-refractivity contribution in [2.24, 2.45) is 7.05 Å². The van der Waals surface area contributed by atoms with Crippen molar-refractivity contribution in [3.05, 3.63) is 72.1 Å². The van der Waals surface area contributed by atoms with Crippen LogP contribution in [0, 0.1) is 25.6 Å². The number of aromatic nitrogens is 7. The molecule has 0 N–H and O–H groups in total. The fraction of sp³-hybridized carbons (Fsp3) is 0.130. The number of nitrogens with zero attached hydrogens (tertiary/aromatic N) is 7. The van der Waals surface area contributed by atoms with Crippen LogP contribution in [0.5, 0.6) is 0 Å². The van der Waals surface area contributed by atoms with Crippen molar-refractivity contribution in [1.82, 2.24) is 34.7 Å². The molecular formula is C23H17F2N7. The van der Waals surface area contributed by atoms with E-state index in [0.29, 0.717) is 33.9 Å². The van der Waals surface area contributed by atoms with E-state index in [1.54, 1.807) is 17.8 Å². The van der Waals surface area contributed by atoms with Crippen LogP contribution in [0.25, 0.3) is 44.9 Å². The average molecular weight is 429 g/mol. The number of hydrogen-bond donors (Lipinski definition) is 0. The summed E-state index contributed by atoms with van der Waals surface area (Å²) in [6.45, 7) is 3.61. The summed E-state index contributed by atoms with van der Waals surface area (Å²) in [5.41, 5.74) is 4.61. The van der Waals surface area contributed by atoms with E-state index in [1.165, 1.54) is 0 Å². The van der Waals surface area contributed by atoms with Crippen molar-refractivity contribution in [3.63, 3.8) is 0 Å². The van der Waals surface area contributed by atoms with Crippen LogP contribution in [0.15, 0.2) is 48.9 Å². The Balaban J connectivity index is 1.77. The number of pyridine rings is 1. The van der Waals surface area contributed by atoms with E-state index in [9.17, 15) is 8.78 Å². The van der Waals surface area contributed by atoms with Crippen LogP contribution >= 0.6 is 0 Å². The second-order valence-electron chi connectivity index (χ2n) is 7.43. The Labute approximate surface area is 181 Å². The van der Waals surface area contributed by atoms with E-state index in [4.69, 9.17) is 0 Å². The van der Waals surface area contributed by atoms with Crippen molar-refractivity contribution in [3.8, 4) is 33.8 Å². The maximum atomic E-state index is 14.6. The second-order valence-corrected chi connectivity index (χ2v) is 7.43. The molecule has 32 heavy (non-hydrogen) atoms. The van der Waals surface area contributed by atoms with Gasteiger partial charge in [-0.2, -0.15) is 9.49 Å². The summed E-state index contributed by atoms with van der Waals surface area (Å²) >= 11 is 0. The van der Waals surface area contributed by atoms with Crippen molar-refractivity contribution in [1.29, 1.82) is 0 Å². The van der Waals surface area contributed by atoms with Gasteiger partial charge < -0.3 is 0 Å². The molecular weight excluding hydrogens is 412 g/mol. The molecule has 0 aliphatic heterocycles. The lowest BCUT2D eigenvalue weighted by molar-refractivity contribution is 0.562. The Morgan fingerprint density at radius 1 is 0.844 bits per heavy atom. The minimum Gasteiger partial charge on any atom is -0.275 e. The highest BCUT2D eigenvalue weighted by Crippen LogP contribution is 2.31. The predicted molar refractivity (Wildman–Crippen MR) is 115 cm³/mol. The first-order valence-electron chi connectivity index (χ1n) is 9.83. The van der Waals surface area contributed by atoms with Crippen molar-refractivity contribution in [2.75, 3.05) is 0 Å². The topological polar surface area (TPSA) is 82.3 Å². The SMILES string of the molecule is Cc1nc2nc(-c3cccc(-c4cnn(C)c4)c3)nc(-c3cc(F)ncc3F)c2nc1C. The van der Waals surface area contributed by atoms with Gasteiger partial charge in [0.1, 0.15) is 11.2 Å². The third-order valence-corrected chi connectivity index (χ3v) is 5.18. The first-order chi connectivity index (χ1) is 15.4. The molecule has 9 heteroatoms. The summed E-state index contributed by atoms with van der Waals surface area (Å²) in [5.74, 6) is -1.20. The zero-order chi connectivity index (χ0) is 22.4. The Kier molecular flexibility index (Phi) is 4.66. The van der Waals surface area contributed by atoms with Gasteiger partial charge in [-0.25, -0.2) is 29.3 Å². The molecule has 0 aliphatic rings.